The number of carbonyl (C=O) groups excluding carboxylic acids is 4. The van der Waals surface area contributed by atoms with Gasteiger partial charge in [-0.15, -0.1) is 0 Å². The van der Waals surface area contributed by atoms with Gasteiger partial charge in [0.2, 0.25) is 0 Å². The normalized spacial score (nSPS) is 16.1. The van der Waals surface area contributed by atoms with Crippen LogP contribution in [0.4, 0.5) is 0 Å². The standard InChI is InChI=1S/2C10H14O4.2C4H9.Sn/c2*11-9(12)6-7-10(13)14-8-4-2-1-3-5-8;2*1-3-4-2;/h2*6-8H,1-5H2,(H,11,12);2*1,3-4H2,2H3;/q;;;;+2/p-2/b2*7-6-;;;. The second kappa shape index (κ2) is 24.5. The first kappa shape index (κ1) is 35.2. The first-order valence-corrected chi connectivity index (χ1v) is 17.7. The van der Waals surface area contributed by atoms with E-state index in [0.29, 0.717) is 12.2 Å². The van der Waals surface area contributed by atoms with Gasteiger partial charge in [-0.05, 0) is 63.5 Å². The number of carboxylic acids is 2. The van der Waals surface area contributed by atoms with E-state index in [9.17, 15) is 29.4 Å². The number of hydrogen-bond donors (Lipinski definition) is 0. The molecule has 2 rings (SSSR count). The van der Waals surface area contributed by atoms with Crippen molar-refractivity contribution in [3.63, 3.8) is 0 Å². The number of esters is 2. The van der Waals surface area contributed by atoms with Crippen molar-refractivity contribution in [1.82, 2.24) is 0 Å². The van der Waals surface area contributed by atoms with E-state index in [2.05, 4.69) is 13.8 Å². The molecule has 9 heteroatoms. The van der Waals surface area contributed by atoms with E-state index in [4.69, 9.17) is 9.47 Å². The first-order chi connectivity index (χ1) is 17.8. The molecule has 0 amide bonds. The van der Waals surface area contributed by atoms with Crippen molar-refractivity contribution in [1.29, 1.82) is 0 Å². The second-order valence-corrected chi connectivity index (χ2v) is 13.4. The SMILES string of the molecule is CCC[CH2][Sn+2][CH2]CCC.O=C([O-])/C=C\C(=O)OC1CCCCC1.O=C([O-])/C=C\C(=O)OC1CCCCC1. The smallest absolute Gasteiger partial charge is 0.331 e. The summed E-state index contributed by atoms with van der Waals surface area (Å²) in [6, 6.07) is 0. The zero-order chi connectivity index (χ0) is 27.7. The van der Waals surface area contributed by atoms with Crippen LogP contribution >= 0.6 is 0 Å². The molecule has 208 valence electrons. The van der Waals surface area contributed by atoms with Crippen molar-refractivity contribution in [2.45, 2.75) is 125 Å². The molecular formula is C28H44O8Sn. The zero-order valence-electron chi connectivity index (χ0n) is 22.5. The van der Waals surface area contributed by atoms with E-state index in [-0.39, 0.29) is 33.4 Å². The maximum absolute atomic E-state index is 11.0. The molecule has 0 bridgehead atoms. The van der Waals surface area contributed by atoms with Crippen LogP contribution in [0.2, 0.25) is 8.87 Å². The average molecular weight is 627 g/mol. The van der Waals surface area contributed by atoms with Gasteiger partial charge in [0.25, 0.3) is 0 Å². The Balaban J connectivity index is 0.000000541. The van der Waals surface area contributed by atoms with Crippen LogP contribution in [0, 0.1) is 0 Å². The van der Waals surface area contributed by atoms with Gasteiger partial charge >= 0.3 is 81.5 Å². The number of hydrogen-bond acceptors (Lipinski definition) is 8. The predicted molar refractivity (Wildman–Crippen MR) is 139 cm³/mol. The minimum Gasteiger partial charge on any atom is -0.545 e. The summed E-state index contributed by atoms with van der Waals surface area (Å²) in [6.07, 6.45) is 19.1. The van der Waals surface area contributed by atoms with Crippen molar-refractivity contribution < 1.29 is 38.9 Å². The van der Waals surface area contributed by atoms with E-state index < -0.39 is 23.9 Å². The summed E-state index contributed by atoms with van der Waals surface area (Å²) >= 11 is 0.149. The summed E-state index contributed by atoms with van der Waals surface area (Å²) in [5, 5.41) is 20.0. The fraction of sp³-hybridized carbons (Fsp3) is 0.714. The summed E-state index contributed by atoms with van der Waals surface area (Å²) < 4.78 is 13.3. The molecule has 0 heterocycles. The van der Waals surface area contributed by atoms with Crippen molar-refractivity contribution >= 4 is 45.0 Å². The topological polar surface area (TPSA) is 133 Å². The van der Waals surface area contributed by atoms with Crippen LogP contribution in [-0.2, 0) is 28.7 Å². The number of ether oxygens (including phenoxy) is 2. The number of aliphatic carboxylic acids is 2. The predicted octanol–water partition coefficient (Wildman–Crippen LogP) is 3.46. The first-order valence-electron chi connectivity index (χ1n) is 13.7. The zero-order valence-corrected chi connectivity index (χ0v) is 25.4. The molecule has 0 unspecified atom stereocenters. The third-order valence-electron chi connectivity index (χ3n) is 5.80. The molecule has 0 aliphatic heterocycles. The maximum Gasteiger partial charge on any atom is 0.331 e. The van der Waals surface area contributed by atoms with E-state index >= 15 is 0 Å². The summed E-state index contributed by atoms with van der Waals surface area (Å²) in [7, 11) is 0. The van der Waals surface area contributed by atoms with E-state index in [1.165, 1.54) is 38.5 Å². The Hall–Kier alpha value is -1.84. The Bertz CT molecular complexity index is 634. The molecule has 0 aromatic heterocycles. The summed E-state index contributed by atoms with van der Waals surface area (Å²) in [5.74, 6) is -3.96. The molecule has 0 saturated heterocycles. The monoisotopic (exact) mass is 628 g/mol. The molecule has 2 aliphatic rings. The molecule has 0 spiro atoms. The van der Waals surface area contributed by atoms with Crippen molar-refractivity contribution in [3.05, 3.63) is 24.3 Å². The molecule has 2 aliphatic carbocycles. The van der Waals surface area contributed by atoms with Gasteiger partial charge in [0, 0.05) is 12.2 Å². The molecule has 0 aromatic carbocycles. The van der Waals surface area contributed by atoms with Gasteiger partial charge in [0.05, 0.1) is 11.9 Å². The molecule has 37 heavy (non-hydrogen) atoms. The van der Waals surface area contributed by atoms with Crippen molar-refractivity contribution in [2.75, 3.05) is 0 Å². The minimum atomic E-state index is -1.38. The van der Waals surface area contributed by atoms with Gasteiger partial charge < -0.3 is 29.3 Å². The van der Waals surface area contributed by atoms with Crippen LogP contribution in [0.5, 0.6) is 0 Å². The summed E-state index contributed by atoms with van der Waals surface area (Å²) in [6.45, 7) is 4.58. The van der Waals surface area contributed by atoms with E-state index in [0.717, 1.165) is 63.5 Å². The van der Waals surface area contributed by atoms with Crippen molar-refractivity contribution in [3.8, 4) is 0 Å². The Morgan fingerprint density at radius 3 is 1.30 bits per heavy atom. The number of unbranched alkanes of at least 4 members (excludes halogenated alkanes) is 2. The molecule has 0 radical (unpaired) electrons. The third-order valence-corrected chi connectivity index (χ3v) is 9.83. The Morgan fingerprint density at radius 2 is 1.00 bits per heavy atom. The van der Waals surface area contributed by atoms with Crippen LogP contribution in [-0.4, -0.2) is 57.2 Å². The Morgan fingerprint density at radius 1 is 0.649 bits per heavy atom. The summed E-state index contributed by atoms with van der Waals surface area (Å²) in [4.78, 5) is 42.0. The number of carbonyl (C=O) groups is 4. The third kappa shape index (κ3) is 24.3. The fourth-order valence-electron chi connectivity index (χ4n) is 3.77. The van der Waals surface area contributed by atoms with Crippen molar-refractivity contribution in [2.24, 2.45) is 0 Å². The second-order valence-electron chi connectivity index (χ2n) is 9.16. The minimum absolute atomic E-state index is 0.0392. The van der Waals surface area contributed by atoms with E-state index in [1.54, 1.807) is 8.87 Å². The van der Waals surface area contributed by atoms with E-state index in [1.807, 2.05) is 0 Å². The van der Waals surface area contributed by atoms with Gasteiger partial charge in [-0.1, -0.05) is 12.8 Å². The van der Waals surface area contributed by atoms with Crippen LogP contribution in [0.1, 0.15) is 104 Å². The van der Waals surface area contributed by atoms with Crippen LogP contribution in [0.25, 0.3) is 0 Å². The molecule has 2 saturated carbocycles. The van der Waals surface area contributed by atoms with Gasteiger partial charge in [0.1, 0.15) is 12.2 Å². The average Bonchev–Trinajstić information content (AvgIpc) is 2.88. The van der Waals surface area contributed by atoms with Gasteiger partial charge in [-0.25, -0.2) is 9.59 Å². The molecule has 0 N–H and O–H groups in total. The quantitative estimate of drug-likeness (QED) is 0.139. The Kier molecular flexibility index (Phi) is 23.3. The number of carboxylic acid groups (broad SMARTS) is 2. The van der Waals surface area contributed by atoms with Gasteiger partial charge in [0.15, 0.2) is 0 Å². The molecule has 0 atom stereocenters. The molecular weight excluding hydrogens is 583 g/mol. The van der Waals surface area contributed by atoms with Crippen LogP contribution in [0.3, 0.4) is 0 Å². The summed E-state index contributed by atoms with van der Waals surface area (Å²) in [5.41, 5.74) is 0. The maximum atomic E-state index is 11.0. The Labute approximate surface area is 232 Å². The molecule has 2 fully saturated rings. The largest absolute Gasteiger partial charge is 0.545 e. The number of rotatable bonds is 12. The molecule has 0 aromatic rings. The van der Waals surface area contributed by atoms with Gasteiger partial charge in [-0.2, -0.15) is 0 Å². The fourth-order valence-corrected chi connectivity index (χ4v) is 7.93. The van der Waals surface area contributed by atoms with Crippen LogP contribution < -0.4 is 10.2 Å². The molecule has 8 nitrogen and oxygen atoms in total. The van der Waals surface area contributed by atoms with Gasteiger partial charge in [-0.3, -0.25) is 0 Å². The van der Waals surface area contributed by atoms with Crippen LogP contribution in [0.15, 0.2) is 24.3 Å².